The summed E-state index contributed by atoms with van der Waals surface area (Å²) in [6.07, 6.45) is 31.1. The molecule has 8 heteroatoms. The number of unbranched alkanes of at least 4 members (excludes halogenated alkanes) is 23. The molecule has 0 rings (SSSR count). The summed E-state index contributed by atoms with van der Waals surface area (Å²) in [6, 6.07) is 0. The van der Waals surface area contributed by atoms with Gasteiger partial charge < -0.3 is 30.3 Å². The number of ether oxygens (including phenoxy) is 1. The fourth-order valence-corrected chi connectivity index (χ4v) is 5.58. The molecule has 0 aliphatic carbocycles. The largest absolute Gasteiger partial charge is 0.481 e. The lowest BCUT2D eigenvalue weighted by molar-refractivity contribution is -0.147. The number of hydrogen-bond acceptors (Lipinski definition) is 7. The number of carbonyl (C=O) groups is 2. The van der Waals surface area contributed by atoms with Crippen molar-refractivity contribution in [1.82, 2.24) is 0 Å². The summed E-state index contributed by atoms with van der Waals surface area (Å²) < 4.78 is 4.85. The minimum Gasteiger partial charge on any atom is -0.481 e. The number of aliphatic carboxylic acids is 1. The molecular weight excluding hydrogens is 584 g/mol. The highest BCUT2D eigenvalue weighted by molar-refractivity contribution is 5.70. The highest BCUT2D eigenvalue weighted by atomic mass is 16.5. The fraction of sp³-hybridized carbons (Fsp3) is 0.947. The topological polar surface area (TPSA) is 145 Å². The number of carbonyl (C=O) groups excluding carboxylic acids is 1. The average Bonchev–Trinajstić information content (AvgIpc) is 3.05. The van der Waals surface area contributed by atoms with E-state index in [1.165, 1.54) is 135 Å². The molecule has 0 heterocycles. The Morgan fingerprint density at radius 1 is 0.522 bits per heavy atom. The van der Waals surface area contributed by atoms with Gasteiger partial charge in [0.05, 0.1) is 25.2 Å². The summed E-state index contributed by atoms with van der Waals surface area (Å²) in [5.41, 5.74) is 0. The van der Waals surface area contributed by atoms with Crippen LogP contribution in [0.4, 0.5) is 0 Å². The summed E-state index contributed by atoms with van der Waals surface area (Å²) in [4.78, 5) is 22.4. The van der Waals surface area contributed by atoms with E-state index in [2.05, 4.69) is 13.8 Å². The van der Waals surface area contributed by atoms with E-state index in [9.17, 15) is 14.7 Å². The van der Waals surface area contributed by atoms with Crippen molar-refractivity contribution in [1.29, 1.82) is 0 Å². The SMILES string of the molecule is CCCCCCCCCCCCCCC(CC(O)CO)C(=O)O.CCCCCCCCCCCCCCCC(=O)OCC(O)CO. The Morgan fingerprint density at radius 3 is 1.22 bits per heavy atom. The maximum atomic E-state index is 11.3. The van der Waals surface area contributed by atoms with Crippen LogP contribution in [0, 0.1) is 5.92 Å². The van der Waals surface area contributed by atoms with Gasteiger partial charge in [-0.3, -0.25) is 9.59 Å². The highest BCUT2D eigenvalue weighted by Crippen LogP contribution is 2.18. The van der Waals surface area contributed by atoms with Gasteiger partial charge in [-0.05, 0) is 19.3 Å². The Labute approximate surface area is 283 Å². The van der Waals surface area contributed by atoms with Gasteiger partial charge in [-0.2, -0.15) is 0 Å². The zero-order valence-electron chi connectivity index (χ0n) is 30.1. The van der Waals surface area contributed by atoms with E-state index < -0.39 is 24.1 Å². The molecule has 3 unspecified atom stereocenters. The van der Waals surface area contributed by atoms with Crippen molar-refractivity contribution in [2.45, 2.75) is 206 Å². The summed E-state index contributed by atoms with van der Waals surface area (Å²) in [6.45, 7) is 3.67. The Kier molecular flexibility index (Phi) is 39.0. The van der Waals surface area contributed by atoms with Crippen molar-refractivity contribution >= 4 is 11.9 Å². The molecule has 3 atom stereocenters. The monoisotopic (exact) mass is 661 g/mol. The Bertz CT molecular complexity index is 628. The van der Waals surface area contributed by atoms with Crippen LogP contribution in [0.15, 0.2) is 0 Å². The predicted molar refractivity (Wildman–Crippen MR) is 189 cm³/mol. The van der Waals surface area contributed by atoms with Crippen LogP contribution in [-0.2, 0) is 14.3 Å². The van der Waals surface area contributed by atoms with Crippen LogP contribution in [0.1, 0.15) is 194 Å². The number of aliphatic hydroxyl groups excluding tert-OH is 4. The van der Waals surface area contributed by atoms with Crippen LogP contribution in [0.5, 0.6) is 0 Å². The van der Waals surface area contributed by atoms with Crippen molar-refractivity contribution in [3.05, 3.63) is 0 Å². The van der Waals surface area contributed by atoms with Crippen LogP contribution in [0.3, 0.4) is 0 Å². The van der Waals surface area contributed by atoms with E-state index >= 15 is 0 Å². The second kappa shape index (κ2) is 38.2. The highest BCUT2D eigenvalue weighted by Gasteiger charge is 2.20. The molecule has 8 nitrogen and oxygen atoms in total. The third-order valence-electron chi connectivity index (χ3n) is 8.65. The molecule has 0 amide bonds. The molecule has 0 radical (unpaired) electrons. The van der Waals surface area contributed by atoms with Crippen LogP contribution in [0.25, 0.3) is 0 Å². The third kappa shape index (κ3) is 37.2. The zero-order chi connectivity index (χ0) is 34.5. The van der Waals surface area contributed by atoms with Crippen molar-refractivity contribution in [2.24, 2.45) is 5.92 Å². The van der Waals surface area contributed by atoms with Gasteiger partial charge in [-0.15, -0.1) is 0 Å². The van der Waals surface area contributed by atoms with Gasteiger partial charge in [0.1, 0.15) is 12.7 Å². The molecule has 0 aromatic carbocycles. The molecule has 0 saturated carbocycles. The molecule has 0 aliphatic heterocycles. The fourth-order valence-electron chi connectivity index (χ4n) is 5.58. The van der Waals surface area contributed by atoms with Gasteiger partial charge in [0.25, 0.3) is 0 Å². The molecule has 0 saturated heterocycles. The molecule has 0 spiro atoms. The van der Waals surface area contributed by atoms with Gasteiger partial charge in [0, 0.05) is 6.42 Å². The van der Waals surface area contributed by atoms with E-state index in [0.717, 1.165) is 25.7 Å². The molecule has 0 bridgehead atoms. The second-order valence-corrected chi connectivity index (χ2v) is 13.3. The normalized spacial score (nSPS) is 13.1. The quantitative estimate of drug-likeness (QED) is 0.0340. The summed E-state index contributed by atoms with van der Waals surface area (Å²) >= 11 is 0. The van der Waals surface area contributed by atoms with Crippen molar-refractivity contribution in [3.8, 4) is 0 Å². The third-order valence-corrected chi connectivity index (χ3v) is 8.65. The predicted octanol–water partition coefficient (Wildman–Crippen LogP) is 8.89. The number of carboxylic acid groups (broad SMARTS) is 1. The minimum absolute atomic E-state index is 0.103. The minimum atomic E-state index is -0.953. The van der Waals surface area contributed by atoms with Crippen molar-refractivity contribution in [2.75, 3.05) is 19.8 Å². The molecule has 5 N–H and O–H groups in total. The molecular formula is C38H76O8. The maximum absolute atomic E-state index is 11.3. The van der Waals surface area contributed by atoms with Crippen LogP contribution < -0.4 is 0 Å². The van der Waals surface area contributed by atoms with Gasteiger partial charge >= 0.3 is 11.9 Å². The summed E-state index contributed by atoms with van der Waals surface area (Å²) in [5, 5.41) is 44.9. The molecule has 0 aromatic rings. The molecule has 46 heavy (non-hydrogen) atoms. The molecule has 0 aliphatic rings. The number of carboxylic acids is 1. The van der Waals surface area contributed by atoms with E-state index in [-0.39, 0.29) is 32.2 Å². The number of rotatable bonds is 34. The Morgan fingerprint density at radius 2 is 0.870 bits per heavy atom. The van der Waals surface area contributed by atoms with Gasteiger partial charge in [0.15, 0.2) is 0 Å². The first-order chi connectivity index (χ1) is 22.3. The first kappa shape index (κ1) is 46.9. The lowest BCUT2D eigenvalue weighted by Gasteiger charge is -2.15. The standard InChI is InChI=1S/2C19H38O4/c1-2-3-4-5-6-7-8-9-10-11-12-13-14-17(19(22)23)15-18(21)16-20;1-2-3-4-5-6-7-8-9-10-11-12-13-14-15-19(22)23-17-18(21)16-20/h17-18,20-21H,2-16H2,1H3,(H,22,23);18,20-21H,2-17H2,1H3. The van der Waals surface area contributed by atoms with Gasteiger partial charge in [-0.1, -0.05) is 168 Å². The molecule has 276 valence electrons. The van der Waals surface area contributed by atoms with Crippen LogP contribution in [-0.4, -0.2) is 69.5 Å². The van der Waals surface area contributed by atoms with E-state index in [1.807, 2.05) is 0 Å². The van der Waals surface area contributed by atoms with Crippen molar-refractivity contribution < 1.29 is 39.9 Å². The van der Waals surface area contributed by atoms with E-state index in [4.69, 9.17) is 25.2 Å². The van der Waals surface area contributed by atoms with Crippen molar-refractivity contribution in [3.63, 3.8) is 0 Å². The number of esters is 1. The zero-order valence-corrected chi connectivity index (χ0v) is 30.1. The first-order valence-electron chi connectivity index (χ1n) is 19.3. The average molecular weight is 661 g/mol. The smallest absolute Gasteiger partial charge is 0.306 e. The number of aliphatic hydroxyl groups is 4. The van der Waals surface area contributed by atoms with E-state index in [0.29, 0.717) is 12.8 Å². The summed E-state index contributed by atoms with van der Waals surface area (Å²) in [5.74, 6) is -1.67. The lowest BCUT2D eigenvalue weighted by Crippen LogP contribution is -2.23. The van der Waals surface area contributed by atoms with E-state index in [1.54, 1.807) is 0 Å². The van der Waals surface area contributed by atoms with Crippen LogP contribution in [0.2, 0.25) is 0 Å². The Balaban J connectivity index is 0. The second-order valence-electron chi connectivity index (χ2n) is 13.3. The molecule has 0 aromatic heterocycles. The van der Waals surface area contributed by atoms with Gasteiger partial charge in [0.2, 0.25) is 0 Å². The molecule has 0 fully saturated rings. The van der Waals surface area contributed by atoms with Crippen LogP contribution >= 0.6 is 0 Å². The Hall–Kier alpha value is -1.22. The summed E-state index contributed by atoms with van der Waals surface area (Å²) in [7, 11) is 0. The number of hydrogen-bond donors (Lipinski definition) is 5. The lowest BCUT2D eigenvalue weighted by atomic mass is 9.94. The maximum Gasteiger partial charge on any atom is 0.306 e. The first-order valence-corrected chi connectivity index (χ1v) is 19.3. The van der Waals surface area contributed by atoms with Gasteiger partial charge in [-0.25, -0.2) is 0 Å².